The zero-order chi connectivity index (χ0) is 16.3. The van der Waals surface area contributed by atoms with Crippen molar-refractivity contribution < 1.29 is 14.1 Å². The molecule has 0 aliphatic rings. The molecule has 5 nitrogen and oxygen atoms in total. The number of anilines is 1. The molecule has 0 heterocycles. The SMILES string of the molecule is CC(=O)c1ccc(N(C)Cc2cccc(F)c2)c([N+](=O)[O-])c1. The Morgan fingerprint density at radius 1 is 1.27 bits per heavy atom. The first kappa shape index (κ1) is 15.6. The molecule has 0 unspecified atom stereocenters. The van der Waals surface area contributed by atoms with Gasteiger partial charge in [0.2, 0.25) is 0 Å². The Morgan fingerprint density at radius 2 is 2.00 bits per heavy atom. The van der Waals surface area contributed by atoms with Crippen LogP contribution >= 0.6 is 0 Å². The fourth-order valence-corrected chi connectivity index (χ4v) is 2.21. The third-order valence-electron chi connectivity index (χ3n) is 3.30. The van der Waals surface area contributed by atoms with Gasteiger partial charge in [-0.15, -0.1) is 0 Å². The van der Waals surface area contributed by atoms with Crippen molar-refractivity contribution in [2.75, 3.05) is 11.9 Å². The Balaban J connectivity index is 2.34. The lowest BCUT2D eigenvalue weighted by Gasteiger charge is -2.19. The van der Waals surface area contributed by atoms with Gasteiger partial charge in [0.05, 0.1) is 4.92 Å². The quantitative estimate of drug-likeness (QED) is 0.481. The van der Waals surface area contributed by atoms with Gasteiger partial charge in [0, 0.05) is 25.2 Å². The van der Waals surface area contributed by atoms with Crippen LogP contribution in [0.4, 0.5) is 15.8 Å². The van der Waals surface area contributed by atoms with E-state index < -0.39 is 4.92 Å². The molecule has 0 amide bonds. The molecule has 0 bridgehead atoms. The number of carbonyl (C=O) groups is 1. The number of hydrogen-bond acceptors (Lipinski definition) is 4. The topological polar surface area (TPSA) is 63.5 Å². The normalized spacial score (nSPS) is 10.3. The maximum absolute atomic E-state index is 13.2. The average Bonchev–Trinajstić information content (AvgIpc) is 2.46. The maximum atomic E-state index is 13.2. The molecule has 2 aromatic rings. The predicted molar refractivity (Wildman–Crippen MR) is 81.6 cm³/mol. The molecule has 0 N–H and O–H groups in total. The van der Waals surface area contributed by atoms with E-state index in [1.807, 2.05) is 0 Å². The van der Waals surface area contributed by atoms with Gasteiger partial charge < -0.3 is 4.90 Å². The molecule has 6 heteroatoms. The van der Waals surface area contributed by atoms with E-state index in [9.17, 15) is 19.3 Å². The second-order valence-corrected chi connectivity index (χ2v) is 5.00. The number of halogens is 1. The minimum absolute atomic E-state index is 0.147. The molecule has 0 aliphatic carbocycles. The molecule has 0 aliphatic heterocycles. The van der Waals surface area contributed by atoms with E-state index in [1.165, 1.54) is 31.2 Å². The van der Waals surface area contributed by atoms with Gasteiger partial charge in [0.25, 0.3) is 5.69 Å². The number of benzene rings is 2. The Labute approximate surface area is 127 Å². The molecule has 0 saturated heterocycles. The Morgan fingerprint density at radius 3 is 2.59 bits per heavy atom. The molecular formula is C16H15FN2O3. The minimum Gasteiger partial charge on any atom is -0.365 e. The highest BCUT2D eigenvalue weighted by atomic mass is 19.1. The van der Waals surface area contributed by atoms with E-state index >= 15 is 0 Å². The smallest absolute Gasteiger partial charge is 0.293 e. The molecule has 0 fully saturated rings. The first-order valence-electron chi connectivity index (χ1n) is 6.63. The van der Waals surface area contributed by atoms with Crippen molar-refractivity contribution in [3.63, 3.8) is 0 Å². The van der Waals surface area contributed by atoms with Crippen LogP contribution in [-0.4, -0.2) is 17.8 Å². The summed E-state index contributed by atoms with van der Waals surface area (Å²) >= 11 is 0. The molecular weight excluding hydrogens is 287 g/mol. The van der Waals surface area contributed by atoms with Gasteiger partial charge in [-0.2, -0.15) is 0 Å². The zero-order valence-electron chi connectivity index (χ0n) is 12.2. The van der Waals surface area contributed by atoms with Crippen LogP contribution < -0.4 is 4.90 Å². The monoisotopic (exact) mass is 302 g/mol. The Kier molecular flexibility index (Phi) is 4.50. The maximum Gasteiger partial charge on any atom is 0.293 e. The summed E-state index contributed by atoms with van der Waals surface area (Å²) in [6.45, 7) is 1.67. The van der Waals surface area contributed by atoms with Crippen LogP contribution in [-0.2, 0) is 6.54 Å². The van der Waals surface area contributed by atoms with E-state index in [2.05, 4.69) is 0 Å². The summed E-state index contributed by atoms with van der Waals surface area (Å²) in [7, 11) is 1.68. The molecule has 2 aromatic carbocycles. The summed E-state index contributed by atoms with van der Waals surface area (Å²) in [5.41, 5.74) is 1.22. The molecule has 2 rings (SSSR count). The number of nitrogens with zero attached hydrogens (tertiary/aromatic N) is 2. The molecule has 114 valence electrons. The highest BCUT2D eigenvalue weighted by molar-refractivity contribution is 5.95. The number of nitro benzene ring substituents is 1. The minimum atomic E-state index is -0.524. The zero-order valence-corrected chi connectivity index (χ0v) is 12.2. The fraction of sp³-hybridized carbons (Fsp3) is 0.188. The highest BCUT2D eigenvalue weighted by Crippen LogP contribution is 2.29. The first-order valence-corrected chi connectivity index (χ1v) is 6.63. The van der Waals surface area contributed by atoms with Gasteiger partial charge in [-0.05, 0) is 36.8 Å². The Bertz CT molecular complexity index is 731. The predicted octanol–water partition coefficient (Wildman–Crippen LogP) is 3.57. The number of ketones is 1. The summed E-state index contributed by atoms with van der Waals surface area (Å²) in [5.74, 6) is -0.588. The van der Waals surface area contributed by atoms with Crippen molar-refractivity contribution in [1.29, 1.82) is 0 Å². The number of Topliss-reactive ketones (excluding diaryl/α,β-unsaturated/α-hetero) is 1. The van der Waals surface area contributed by atoms with Crippen molar-refractivity contribution in [1.82, 2.24) is 0 Å². The van der Waals surface area contributed by atoms with Gasteiger partial charge in [-0.25, -0.2) is 4.39 Å². The van der Waals surface area contributed by atoms with E-state index in [-0.39, 0.29) is 22.9 Å². The van der Waals surface area contributed by atoms with E-state index in [4.69, 9.17) is 0 Å². The second-order valence-electron chi connectivity index (χ2n) is 5.00. The first-order chi connectivity index (χ1) is 10.4. The molecule has 0 saturated carbocycles. The van der Waals surface area contributed by atoms with Crippen LogP contribution in [0.1, 0.15) is 22.8 Å². The number of nitro groups is 1. The van der Waals surface area contributed by atoms with E-state index in [0.29, 0.717) is 17.8 Å². The fourth-order valence-electron chi connectivity index (χ4n) is 2.21. The van der Waals surface area contributed by atoms with Crippen molar-refractivity contribution in [3.05, 3.63) is 69.5 Å². The molecule has 0 radical (unpaired) electrons. The largest absolute Gasteiger partial charge is 0.365 e. The van der Waals surface area contributed by atoms with Crippen molar-refractivity contribution in [2.45, 2.75) is 13.5 Å². The summed E-state index contributed by atoms with van der Waals surface area (Å²) in [4.78, 5) is 23.7. The van der Waals surface area contributed by atoms with E-state index in [1.54, 1.807) is 30.1 Å². The van der Waals surface area contributed by atoms with Gasteiger partial charge in [-0.3, -0.25) is 14.9 Å². The number of carbonyl (C=O) groups excluding carboxylic acids is 1. The summed E-state index contributed by atoms with van der Waals surface area (Å²) in [6.07, 6.45) is 0. The third kappa shape index (κ3) is 3.46. The van der Waals surface area contributed by atoms with Crippen LogP contribution in [0.15, 0.2) is 42.5 Å². The van der Waals surface area contributed by atoms with Crippen molar-refractivity contribution >= 4 is 17.2 Å². The molecule has 0 atom stereocenters. The van der Waals surface area contributed by atoms with Gasteiger partial charge in [-0.1, -0.05) is 12.1 Å². The van der Waals surface area contributed by atoms with Crippen LogP contribution in [0.5, 0.6) is 0 Å². The summed E-state index contributed by atoms with van der Waals surface area (Å²) in [6, 6.07) is 10.4. The van der Waals surface area contributed by atoms with Crippen LogP contribution in [0, 0.1) is 15.9 Å². The second kappa shape index (κ2) is 6.34. The average molecular weight is 302 g/mol. The standard InChI is InChI=1S/C16H15FN2O3/c1-11(20)13-6-7-15(16(9-13)19(21)22)18(2)10-12-4-3-5-14(17)8-12/h3-9H,10H2,1-2H3. The number of hydrogen-bond donors (Lipinski definition) is 0. The Hall–Kier alpha value is -2.76. The summed E-state index contributed by atoms with van der Waals surface area (Å²) < 4.78 is 13.2. The van der Waals surface area contributed by atoms with Gasteiger partial charge in [0.1, 0.15) is 11.5 Å². The third-order valence-corrected chi connectivity index (χ3v) is 3.30. The summed E-state index contributed by atoms with van der Waals surface area (Å²) in [5, 5.41) is 11.2. The highest BCUT2D eigenvalue weighted by Gasteiger charge is 2.19. The molecule has 0 spiro atoms. The number of rotatable bonds is 5. The molecule has 22 heavy (non-hydrogen) atoms. The van der Waals surface area contributed by atoms with E-state index in [0.717, 1.165) is 0 Å². The lowest BCUT2D eigenvalue weighted by atomic mass is 10.1. The lowest BCUT2D eigenvalue weighted by Crippen LogP contribution is -2.18. The van der Waals surface area contributed by atoms with Crippen molar-refractivity contribution in [2.24, 2.45) is 0 Å². The van der Waals surface area contributed by atoms with Gasteiger partial charge in [0.15, 0.2) is 5.78 Å². The van der Waals surface area contributed by atoms with Crippen LogP contribution in [0.25, 0.3) is 0 Å². The van der Waals surface area contributed by atoms with Gasteiger partial charge >= 0.3 is 0 Å². The molecule has 0 aromatic heterocycles. The van der Waals surface area contributed by atoms with Crippen LogP contribution in [0.3, 0.4) is 0 Å². The van der Waals surface area contributed by atoms with Crippen molar-refractivity contribution in [3.8, 4) is 0 Å². The lowest BCUT2D eigenvalue weighted by molar-refractivity contribution is -0.384. The van der Waals surface area contributed by atoms with Crippen LogP contribution in [0.2, 0.25) is 0 Å².